The van der Waals surface area contributed by atoms with Crippen molar-refractivity contribution in [1.29, 1.82) is 0 Å². The summed E-state index contributed by atoms with van der Waals surface area (Å²) < 4.78 is 5.46. The first-order chi connectivity index (χ1) is 9.54. The smallest absolute Gasteiger partial charge is 0.255 e. The molecule has 0 atom stereocenters. The number of amides is 1. The van der Waals surface area contributed by atoms with Gasteiger partial charge in [-0.3, -0.25) is 4.79 Å². The molecule has 0 saturated heterocycles. The molecule has 0 fully saturated rings. The fourth-order valence-electron chi connectivity index (χ4n) is 1.64. The molecule has 0 unspecified atom stereocenters. The van der Waals surface area contributed by atoms with E-state index in [0.717, 1.165) is 13.0 Å². The molecule has 4 nitrogen and oxygen atoms in total. The minimum atomic E-state index is -0.153. The second-order valence-corrected chi connectivity index (χ2v) is 5.09. The van der Waals surface area contributed by atoms with Gasteiger partial charge in [0.15, 0.2) is 0 Å². The maximum absolute atomic E-state index is 12.1. The van der Waals surface area contributed by atoms with Crippen molar-refractivity contribution < 1.29 is 9.53 Å². The zero-order chi connectivity index (χ0) is 15.0. The van der Waals surface area contributed by atoms with E-state index in [1.54, 1.807) is 24.3 Å². The Balaban J connectivity index is 0.00000400. The van der Waals surface area contributed by atoms with Crippen molar-refractivity contribution in [1.82, 2.24) is 10.2 Å². The second-order valence-electron chi connectivity index (χ2n) is 4.65. The number of rotatable bonds is 8. The third kappa shape index (κ3) is 7.37. The molecule has 0 aliphatic carbocycles. The highest BCUT2D eigenvalue weighted by Crippen LogP contribution is 2.23. The van der Waals surface area contributed by atoms with Crippen LogP contribution in [0.15, 0.2) is 30.9 Å². The number of hydrogen-bond acceptors (Lipinski definition) is 3. The van der Waals surface area contributed by atoms with E-state index in [-0.39, 0.29) is 18.3 Å². The molecule has 0 aliphatic rings. The highest BCUT2D eigenvalue weighted by Gasteiger charge is 2.12. The lowest BCUT2D eigenvalue weighted by Gasteiger charge is -2.12. The molecule has 1 rings (SSSR count). The van der Waals surface area contributed by atoms with Crippen LogP contribution < -0.4 is 10.1 Å². The van der Waals surface area contributed by atoms with E-state index < -0.39 is 0 Å². The van der Waals surface area contributed by atoms with Gasteiger partial charge in [-0.25, -0.2) is 0 Å². The van der Waals surface area contributed by atoms with Crippen molar-refractivity contribution in [2.75, 3.05) is 33.8 Å². The minimum Gasteiger partial charge on any atom is -0.489 e. The summed E-state index contributed by atoms with van der Waals surface area (Å²) in [7, 11) is 4.00. The summed E-state index contributed by atoms with van der Waals surface area (Å²) in [4.78, 5) is 14.2. The summed E-state index contributed by atoms with van der Waals surface area (Å²) in [5.41, 5.74) is 0.487. The van der Waals surface area contributed by atoms with Crippen LogP contribution in [0.3, 0.4) is 0 Å². The van der Waals surface area contributed by atoms with Crippen LogP contribution in [0.5, 0.6) is 5.75 Å². The number of halogens is 2. The molecular weight excluding hydrogens is 311 g/mol. The Bertz CT molecular complexity index is 465. The maximum atomic E-state index is 12.1. The predicted octanol–water partition coefficient (Wildman–Crippen LogP) is 3.01. The summed E-state index contributed by atoms with van der Waals surface area (Å²) in [5.74, 6) is 0.321. The fourth-order valence-corrected chi connectivity index (χ4v) is 1.81. The molecule has 0 heterocycles. The van der Waals surface area contributed by atoms with Crippen LogP contribution in [0.4, 0.5) is 0 Å². The molecular formula is C15H22Cl2N2O2. The van der Waals surface area contributed by atoms with Crippen molar-refractivity contribution >= 4 is 29.9 Å². The number of ether oxygens (including phenoxy) is 1. The molecule has 0 aliphatic heterocycles. The van der Waals surface area contributed by atoms with Gasteiger partial charge in [-0.05, 0) is 45.3 Å². The lowest BCUT2D eigenvalue weighted by molar-refractivity contribution is 0.0949. The normalized spacial score (nSPS) is 9.90. The van der Waals surface area contributed by atoms with Crippen molar-refractivity contribution in [2.24, 2.45) is 0 Å². The summed E-state index contributed by atoms with van der Waals surface area (Å²) in [6.45, 7) is 5.48. The standard InChI is InChI=1S/C15H21ClN2O2.ClH/c1-4-10-20-14-11-12(16)6-7-13(14)15(19)17-8-5-9-18(2)3;/h4,6-7,11H,1,5,8-10H2,2-3H3,(H,17,19);1H. The molecule has 1 amide bonds. The van der Waals surface area contributed by atoms with Gasteiger partial charge in [-0.1, -0.05) is 24.3 Å². The summed E-state index contributed by atoms with van der Waals surface area (Å²) in [6, 6.07) is 4.99. The minimum absolute atomic E-state index is 0. The highest BCUT2D eigenvalue weighted by molar-refractivity contribution is 6.30. The largest absolute Gasteiger partial charge is 0.489 e. The Morgan fingerprint density at radius 1 is 1.48 bits per heavy atom. The Labute approximate surface area is 137 Å². The quantitative estimate of drug-likeness (QED) is 0.587. The van der Waals surface area contributed by atoms with Crippen molar-refractivity contribution in [2.45, 2.75) is 6.42 Å². The number of nitrogens with one attached hydrogen (secondary N) is 1. The van der Waals surface area contributed by atoms with Gasteiger partial charge in [0.05, 0.1) is 5.56 Å². The molecule has 1 aromatic carbocycles. The van der Waals surface area contributed by atoms with Crippen LogP contribution in [0.25, 0.3) is 0 Å². The van der Waals surface area contributed by atoms with Crippen LogP contribution in [0.1, 0.15) is 16.8 Å². The Hall–Kier alpha value is -1.23. The van der Waals surface area contributed by atoms with Gasteiger partial charge in [-0.15, -0.1) is 12.4 Å². The molecule has 1 aromatic rings. The molecule has 0 radical (unpaired) electrons. The third-order valence-electron chi connectivity index (χ3n) is 2.61. The van der Waals surface area contributed by atoms with Crippen molar-refractivity contribution in [3.05, 3.63) is 41.4 Å². The summed E-state index contributed by atoms with van der Waals surface area (Å²) in [6.07, 6.45) is 2.52. The zero-order valence-corrected chi connectivity index (χ0v) is 14.0. The highest BCUT2D eigenvalue weighted by atomic mass is 35.5. The maximum Gasteiger partial charge on any atom is 0.255 e. The Kier molecular flexibility index (Phi) is 9.88. The first kappa shape index (κ1) is 19.8. The van der Waals surface area contributed by atoms with E-state index in [0.29, 0.717) is 29.5 Å². The van der Waals surface area contributed by atoms with Crippen LogP contribution in [0.2, 0.25) is 5.02 Å². The molecule has 6 heteroatoms. The second kappa shape index (κ2) is 10.5. The average molecular weight is 333 g/mol. The van der Waals surface area contributed by atoms with Crippen molar-refractivity contribution in [3.8, 4) is 5.75 Å². The average Bonchev–Trinajstić information content (AvgIpc) is 2.41. The van der Waals surface area contributed by atoms with E-state index in [4.69, 9.17) is 16.3 Å². The van der Waals surface area contributed by atoms with Crippen LogP contribution in [-0.2, 0) is 0 Å². The van der Waals surface area contributed by atoms with E-state index in [1.807, 2.05) is 14.1 Å². The van der Waals surface area contributed by atoms with Gasteiger partial charge < -0.3 is 15.0 Å². The van der Waals surface area contributed by atoms with Gasteiger partial charge >= 0.3 is 0 Å². The molecule has 0 bridgehead atoms. The lowest BCUT2D eigenvalue weighted by Crippen LogP contribution is -2.27. The monoisotopic (exact) mass is 332 g/mol. The fraction of sp³-hybridized carbons (Fsp3) is 0.400. The van der Waals surface area contributed by atoms with E-state index in [2.05, 4.69) is 16.8 Å². The topological polar surface area (TPSA) is 41.6 Å². The SMILES string of the molecule is C=CCOc1cc(Cl)ccc1C(=O)NCCCN(C)C.Cl. The molecule has 0 saturated carbocycles. The Morgan fingerprint density at radius 3 is 2.81 bits per heavy atom. The lowest BCUT2D eigenvalue weighted by atomic mass is 10.2. The first-order valence-corrected chi connectivity index (χ1v) is 6.88. The van der Waals surface area contributed by atoms with Crippen LogP contribution in [0, 0.1) is 0 Å². The number of benzene rings is 1. The van der Waals surface area contributed by atoms with Gasteiger partial charge in [0, 0.05) is 11.6 Å². The van der Waals surface area contributed by atoms with Gasteiger partial charge in [-0.2, -0.15) is 0 Å². The molecule has 1 N–H and O–H groups in total. The van der Waals surface area contributed by atoms with Crippen molar-refractivity contribution in [3.63, 3.8) is 0 Å². The molecule has 0 aromatic heterocycles. The number of carbonyl (C=O) groups is 1. The van der Waals surface area contributed by atoms with Crippen LogP contribution in [-0.4, -0.2) is 44.6 Å². The molecule has 0 spiro atoms. The third-order valence-corrected chi connectivity index (χ3v) is 2.85. The molecule has 118 valence electrons. The van der Waals surface area contributed by atoms with Crippen LogP contribution >= 0.6 is 24.0 Å². The van der Waals surface area contributed by atoms with Gasteiger partial charge in [0.25, 0.3) is 5.91 Å². The molecule has 21 heavy (non-hydrogen) atoms. The van der Waals surface area contributed by atoms with Gasteiger partial charge in [0.1, 0.15) is 12.4 Å². The number of carbonyl (C=O) groups excluding carboxylic acids is 1. The summed E-state index contributed by atoms with van der Waals surface area (Å²) in [5, 5.41) is 3.41. The number of nitrogens with zero attached hydrogens (tertiary/aromatic N) is 1. The van der Waals surface area contributed by atoms with E-state index >= 15 is 0 Å². The predicted molar refractivity (Wildman–Crippen MR) is 89.9 cm³/mol. The summed E-state index contributed by atoms with van der Waals surface area (Å²) >= 11 is 5.92. The number of hydrogen-bond donors (Lipinski definition) is 1. The first-order valence-electron chi connectivity index (χ1n) is 6.50. The van der Waals surface area contributed by atoms with E-state index in [9.17, 15) is 4.79 Å². The Morgan fingerprint density at radius 2 is 2.19 bits per heavy atom. The van der Waals surface area contributed by atoms with E-state index in [1.165, 1.54) is 0 Å². The van der Waals surface area contributed by atoms with Gasteiger partial charge in [0.2, 0.25) is 0 Å². The zero-order valence-electron chi connectivity index (χ0n) is 12.4.